The Kier molecular flexibility index (Phi) is 49.0. The van der Waals surface area contributed by atoms with E-state index in [-0.39, 0.29) is 18.5 Å². The maximum absolute atomic E-state index is 13.0. The SMILES string of the molecule is CCCCC/C=C\C/C=C\CCCCCCCC(=O)OCCCCCCCCCCCCCCCCCCCCCCCC(=O)NC(COC1OC(CO)C(O)C(O)C1O)C(O)/C=C/CCCCCCCCC. The van der Waals surface area contributed by atoms with Gasteiger partial charge in [-0.3, -0.25) is 9.59 Å². The van der Waals surface area contributed by atoms with Gasteiger partial charge in [-0.1, -0.05) is 243 Å². The molecule has 1 fully saturated rings. The van der Waals surface area contributed by atoms with E-state index in [1.165, 1.54) is 180 Å². The van der Waals surface area contributed by atoms with E-state index in [0.29, 0.717) is 19.4 Å². The summed E-state index contributed by atoms with van der Waals surface area (Å²) in [6.45, 7) is 4.28. The fourth-order valence-electron chi connectivity index (χ4n) is 9.58. The second-order valence-corrected chi connectivity index (χ2v) is 21.4. The Bertz CT molecular complexity index is 1310. The number of hydrogen-bond donors (Lipinski definition) is 6. The first-order valence-electron chi connectivity index (χ1n) is 30.8. The molecule has 428 valence electrons. The Morgan fingerprint density at radius 1 is 0.507 bits per heavy atom. The smallest absolute Gasteiger partial charge is 0.305 e. The van der Waals surface area contributed by atoms with E-state index in [1.807, 2.05) is 6.08 Å². The van der Waals surface area contributed by atoms with Crippen molar-refractivity contribution in [3.8, 4) is 0 Å². The van der Waals surface area contributed by atoms with Crippen molar-refractivity contribution in [1.82, 2.24) is 5.32 Å². The van der Waals surface area contributed by atoms with Crippen LogP contribution in [0, 0.1) is 0 Å². The van der Waals surface area contributed by atoms with E-state index in [2.05, 4.69) is 43.5 Å². The minimum absolute atomic E-state index is 0.0154. The number of rotatable bonds is 53. The van der Waals surface area contributed by atoms with Crippen LogP contribution in [0.1, 0.15) is 284 Å². The van der Waals surface area contributed by atoms with Gasteiger partial charge in [0.15, 0.2) is 6.29 Å². The standard InChI is InChI=1S/C62H115NO10/c1-3-5-7-9-11-13-14-15-23-27-30-34-38-42-46-50-58(67)71-51-47-43-39-35-31-28-25-22-20-18-16-17-19-21-24-26-29-33-37-41-45-49-57(66)63-54(55(65)48-44-40-36-32-12-10-8-6-4-2)53-72-62-61(70)60(69)59(68)56(52-64)73-62/h11,13,15,23,44,48,54-56,59-62,64-65,68-70H,3-10,12,14,16-22,24-43,45-47,49-53H2,1-2H3,(H,63,66)/b13-11-,23-15-,48-44+. The molecule has 7 unspecified atom stereocenters. The quantitative estimate of drug-likeness (QED) is 0.0195. The van der Waals surface area contributed by atoms with Crippen LogP contribution in [0.15, 0.2) is 36.5 Å². The number of aliphatic hydroxyl groups excluding tert-OH is 5. The molecule has 0 bridgehead atoms. The van der Waals surface area contributed by atoms with Crippen LogP contribution in [0.3, 0.4) is 0 Å². The minimum Gasteiger partial charge on any atom is -0.466 e. The molecule has 0 saturated carbocycles. The Labute approximate surface area is 447 Å². The van der Waals surface area contributed by atoms with E-state index in [0.717, 1.165) is 77.0 Å². The number of hydrogen-bond acceptors (Lipinski definition) is 10. The van der Waals surface area contributed by atoms with Crippen molar-refractivity contribution in [3.63, 3.8) is 0 Å². The highest BCUT2D eigenvalue weighted by Crippen LogP contribution is 2.23. The first kappa shape index (κ1) is 68.9. The molecule has 0 aromatic rings. The molecule has 0 radical (unpaired) electrons. The van der Waals surface area contributed by atoms with Crippen molar-refractivity contribution >= 4 is 11.9 Å². The van der Waals surface area contributed by atoms with Gasteiger partial charge in [0.2, 0.25) is 5.91 Å². The van der Waals surface area contributed by atoms with Crippen molar-refractivity contribution in [3.05, 3.63) is 36.5 Å². The number of carbonyl (C=O) groups excluding carboxylic acids is 2. The number of esters is 1. The van der Waals surface area contributed by atoms with Gasteiger partial charge in [0.05, 0.1) is 32.0 Å². The monoisotopic (exact) mass is 1030 g/mol. The molecule has 1 heterocycles. The van der Waals surface area contributed by atoms with Crippen molar-refractivity contribution < 1.29 is 49.3 Å². The van der Waals surface area contributed by atoms with Gasteiger partial charge in [-0.2, -0.15) is 0 Å². The van der Waals surface area contributed by atoms with Crippen LogP contribution in [0.2, 0.25) is 0 Å². The highest BCUT2D eigenvalue weighted by molar-refractivity contribution is 5.76. The second-order valence-electron chi connectivity index (χ2n) is 21.4. The Morgan fingerprint density at radius 2 is 0.918 bits per heavy atom. The molecule has 0 aromatic heterocycles. The summed E-state index contributed by atoms with van der Waals surface area (Å²) in [5.41, 5.74) is 0. The van der Waals surface area contributed by atoms with Crippen LogP contribution in [-0.4, -0.2) is 100 Å². The van der Waals surface area contributed by atoms with E-state index in [4.69, 9.17) is 14.2 Å². The lowest BCUT2D eigenvalue weighted by Gasteiger charge is -2.40. The number of amides is 1. The summed E-state index contributed by atoms with van der Waals surface area (Å²) >= 11 is 0. The molecule has 0 spiro atoms. The van der Waals surface area contributed by atoms with Gasteiger partial charge in [0, 0.05) is 12.8 Å². The number of aliphatic hydroxyl groups is 5. The molecular weight excluding hydrogens is 919 g/mol. The molecule has 1 aliphatic rings. The largest absolute Gasteiger partial charge is 0.466 e. The van der Waals surface area contributed by atoms with Gasteiger partial charge in [0.1, 0.15) is 24.4 Å². The molecule has 1 aliphatic heterocycles. The van der Waals surface area contributed by atoms with Gasteiger partial charge in [-0.05, 0) is 64.2 Å². The van der Waals surface area contributed by atoms with Crippen LogP contribution >= 0.6 is 0 Å². The molecule has 1 saturated heterocycles. The number of carbonyl (C=O) groups is 2. The average molecular weight is 1030 g/mol. The van der Waals surface area contributed by atoms with Crippen molar-refractivity contribution in [2.75, 3.05) is 19.8 Å². The maximum Gasteiger partial charge on any atom is 0.305 e. The second kappa shape index (κ2) is 52.0. The van der Waals surface area contributed by atoms with Crippen molar-refractivity contribution in [2.45, 2.75) is 326 Å². The Balaban J connectivity index is 1.99. The van der Waals surface area contributed by atoms with Crippen LogP contribution in [0.5, 0.6) is 0 Å². The first-order chi connectivity index (χ1) is 35.7. The van der Waals surface area contributed by atoms with Crippen LogP contribution in [-0.2, 0) is 23.8 Å². The third kappa shape index (κ3) is 41.7. The zero-order valence-corrected chi connectivity index (χ0v) is 47.1. The lowest BCUT2D eigenvalue weighted by Crippen LogP contribution is -2.60. The highest BCUT2D eigenvalue weighted by atomic mass is 16.7. The van der Waals surface area contributed by atoms with Gasteiger partial charge >= 0.3 is 5.97 Å². The molecule has 6 N–H and O–H groups in total. The molecular formula is C62H115NO10. The van der Waals surface area contributed by atoms with Gasteiger partial charge < -0.3 is 45.1 Å². The lowest BCUT2D eigenvalue weighted by atomic mass is 9.99. The van der Waals surface area contributed by atoms with Crippen LogP contribution in [0.4, 0.5) is 0 Å². The summed E-state index contributed by atoms with van der Waals surface area (Å²) in [6, 6.07) is -0.809. The predicted octanol–water partition coefficient (Wildman–Crippen LogP) is 14.3. The van der Waals surface area contributed by atoms with E-state index in [9.17, 15) is 35.1 Å². The van der Waals surface area contributed by atoms with Crippen LogP contribution in [0.25, 0.3) is 0 Å². The molecule has 11 nitrogen and oxygen atoms in total. The van der Waals surface area contributed by atoms with Gasteiger partial charge in [0.25, 0.3) is 0 Å². The normalized spacial score (nSPS) is 19.1. The van der Waals surface area contributed by atoms with E-state index in [1.54, 1.807) is 6.08 Å². The minimum atomic E-state index is -1.57. The van der Waals surface area contributed by atoms with Crippen molar-refractivity contribution in [1.29, 1.82) is 0 Å². The van der Waals surface area contributed by atoms with Gasteiger partial charge in [-0.15, -0.1) is 0 Å². The van der Waals surface area contributed by atoms with Crippen LogP contribution < -0.4 is 5.32 Å². The summed E-state index contributed by atoms with van der Waals surface area (Å²) in [6.07, 6.45) is 53.9. The molecule has 1 rings (SSSR count). The summed E-state index contributed by atoms with van der Waals surface area (Å²) in [4.78, 5) is 25.1. The molecule has 11 heteroatoms. The molecule has 0 aliphatic carbocycles. The maximum atomic E-state index is 13.0. The zero-order valence-electron chi connectivity index (χ0n) is 47.1. The van der Waals surface area contributed by atoms with Gasteiger partial charge in [-0.25, -0.2) is 0 Å². The van der Waals surface area contributed by atoms with E-state index >= 15 is 0 Å². The summed E-state index contributed by atoms with van der Waals surface area (Å²) in [7, 11) is 0. The molecule has 1 amide bonds. The first-order valence-corrected chi connectivity index (χ1v) is 30.8. The third-order valence-corrected chi connectivity index (χ3v) is 14.5. The molecule has 0 aromatic carbocycles. The number of ether oxygens (including phenoxy) is 3. The summed E-state index contributed by atoms with van der Waals surface area (Å²) < 4.78 is 16.7. The average Bonchev–Trinajstić information content (AvgIpc) is 3.39. The van der Waals surface area contributed by atoms with E-state index < -0.39 is 49.5 Å². The Morgan fingerprint density at radius 3 is 1.41 bits per heavy atom. The zero-order chi connectivity index (χ0) is 53.1. The summed E-state index contributed by atoms with van der Waals surface area (Å²) in [5.74, 6) is -0.200. The molecule has 7 atom stereocenters. The van der Waals surface area contributed by atoms with Crippen molar-refractivity contribution in [2.24, 2.45) is 0 Å². The number of allylic oxidation sites excluding steroid dienone is 5. The third-order valence-electron chi connectivity index (χ3n) is 14.5. The molecule has 73 heavy (non-hydrogen) atoms. The highest BCUT2D eigenvalue weighted by Gasteiger charge is 2.44. The Hall–Kier alpha value is -2.12. The lowest BCUT2D eigenvalue weighted by molar-refractivity contribution is -0.302. The fraction of sp³-hybridized carbons (Fsp3) is 0.871. The topological polar surface area (TPSA) is 175 Å². The number of nitrogens with one attached hydrogen (secondary N) is 1. The predicted molar refractivity (Wildman–Crippen MR) is 301 cm³/mol. The fourth-order valence-corrected chi connectivity index (χ4v) is 9.58. The summed E-state index contributed by atoms with van der Waals surface area (Å²) in [5, 5.41) is 54.2. The number of unbranched alkanes of at least 4 members (excludes halogenated alkanes) is 35.